The van der Waals surface area contributed by atoms with Crippen molar-refractivity contribution in [2.75, 3.05) is 13.7 Å². The number of ether oxygens (including phenoxy) is 2. The van der Waals surface area contributed by atoms with Gasteiger partial charge >= 0.3 is 0 Å². The van der Waals surface area contributed by atoms with Crippen LogP contribution in [-0.4, -0.2) is 19.5 Å². The van der Waals surface area contributed by atoms with Gasteiger partial charge in [0.25, 0.3) is 0 Å². The smallest absolute Gasteiger partial charge is 0.176 e. The van der Waals surface area contributed by atoms with E-state index in [9.17, 15) is 10.1 Å². The fraction of sp³-hybridized carbons (Fsp3) is 0.474. The molecule has 0 aliphatic rings. The number of methoxy groups -OCH3 is 1. The summed E-state index contributed by atoms with van der Waals surface area (Å²) >= 11 is 0. The topological polar surface area (TPSA) is 59.3 Å². The maximum Gasteiger partial charge on any atom is 0.176 e. The lowest BCUT2D eigenvalue weighted by molar-refractivity contribution is -0.118. The van der Waals surface area contributed by atoms with E-state index < -0.39 is 0 Å². The Bertz CT molecular complexity index is 599. The number of unbranched alkanes of at least 4 members (excludes halogenated alkanes) is 1. The van der Waals surface area contributed by atoms with Crippen LogP contribution in [-0.2, 0) is 4.79 Å². The Morgan fingerprint density at radius 1 is 1.35 bits per heavy atom. The molecule has 0 saturated heterocycles. The van der Waals surface area contributed by atoms with E-state index in [1.807, 2.05) is 26.0 Å². The van der Waals surface area contributed by atoms with Crippen molar-refractivity contribution in [1.29, 1.82) is 5.26 Å². The molecular weight excluding hydrogens is 290 g/mol. The molecule has 0 aliphatic carbocycles. The summed E-state index contributed by atoms with van der Waals surface area (Å²) < 4.78 is 11.0. The van der Waals surface area contributed by atoms with Crippen LogP contribution in [0.15, 0.2) is 23.8 Å². The number of rotatable bonds is 9. The quantitative estimate of drug-likeness (QED) is 0.385. The normalized spacial score (nSPS) is 12.4. The van der Waals surface area contributed by atoms with E-state index in [0.717, 1.165) is 18.4 Å². The molecule has 0 N–H and O–H groups in total. The lowest BCUT2D eigenvalue weighted by Crippen LogP contribution is -2.11. The van der Waals surface area contributed by atoms with Gasteiger partial charge in [0, 0.05) is 5.92 Å². The summed E-state index contributed by atoms with van der Waals surface area (Å²) in [6, 6.07) is 7.41. The predicted octanol–water partition coefficient (Wildman–Crippen LogP) is 4.40. The molecule has 0 fully saturated rings. The molecule has 23 heavy (non-hydrogen) atoms. The molecule has 0 spiro atoms. The van der Waals surface area contributed by atoms with Gasteiger partial charge in [-0.05, 0) is 36.6 Å². The van der Waals surface area contributed by atoms with Crippen molar-refractivity contribution in [1.82, 2.24) is 0 Å². The number of hydrogen-bond acceptors (Lipinski definition) is 4. The summed E-state index contributed by atoms with van der Waals surface area (Å²) in [6.07, 6.45) is 4.33. The van der Waals surface area contributed by atoms with Crippen molar-refractivity contribution in [2.24, 2.45) is 5.92 Å². The minimum absolute atomic E-state index is 0.126. The zero-order valence-electron chi connectivity index (χ0n) is 14.4. The first-order valence-electron chi connectivity index (χ1n) is 8.04. The van der Waals surface area contributed by atoms with E-state index >= 15 is 0 Å². The van der Waals surface area contributed by atoms with E-state index in [1.165, 1.54) is 0 Å². The summed E-state index contributed by atoms with van der Waals surface area (Å²) in [5.74, 6) is 0.992. The third-order valence-corrected chi connectivity index (χ3v) is 3.70. The van der Waals surface area contributed by atoms with Crippen LogP contribution < -0.4 is 9.47 Å². The number of carbonyl (C=O) groups excluding carboxylic acids is 1. The van der Waals surface area contributed by atoms with Crippen molar-refractivity contribution in [3.8, 4) is 17.6 Å². The van der Waals surface area contributed by atoms with Crippen LogP contribution in [0.5, 0.6) is 11.5 Å². The van der Waals surface area contributed by atoms with Crippen LogP contribution in [0.3, 0.4) is 0 Å². The Kier molecular flexibility index (Phi) is 7.90. The highest BCUT2D eigenvalue weighted by Crippen LogP contribution is 2.29. The Balaban J connectivity index is 3.07. The van der Waals surface area contributed by atoms with Crippen molar-refractivity contribution in [2.45, 2.75) is 40.0 Å². The number of allylic oxidation sites excluding steroid dienone is 1. The van der Waals surface area contributed by atoms with Crippen LogP contribution >= 0.6 is 0 Å². The molecule has 1 aromatic carbocycles. The number of carbonyl (C=O) groups is 1. The third-order valence-electron chi connectivity index (χ3n) is 3.70. The van der Waals surface area contributed by atoms with E-state index in [0.29, 0.717) is 24.5 Å². The molecule has 0 aliphatic heterocycles. The number of benzene rings is 1. The monoisotopic (exact) mass is 315 g/mol. The average molecular weight is 315 g/mol. The highest BCUT2D eigenvalue weighted by Gasteiger charge is 2.16. The molecule has 4 nitrogen and oxygen atoms in total. The lowest BCUT2D eigenvalue weighted by Gasteiger charge is -2.11. The van der Waals surface area contributed by atoms with Gasteiger partial charge in [-0.1, -0.05) is 33.3 Å². The van der Waals surface area contributed by atoms with Gasteiger partial charge in [-0.3, -0.25) is 4.79 Å². The number of nitriles is 1. The molecule has 0 aromatic heterocycles. The van der Waals surface area contributed by atoms with Gasteiger partial charge in [-0.25, -0.2) is 0 Å². The molecule has 0 bridgehead atoms. The third kappa shape index (κ3) is 5.45. The lowest BCUT2D eigenvalue weighted by atomic mass is 9.96. The van der Waals surface area contributed by atoms with Crippen LogP contribution in [0, 0.1) is 17.2 Å². The molecule has 0 saturated carbocycles. The zero-order chi connectivity index (χ0) is 17.2. The van der Waals surface area contributed by atoms with Gasteiger partial charge in [-0.15, -0.1) is 0 Å². The Morgan fingerprint density at radius 3 is 2.65 bits per heavy atom. The fourth-order valence-electron chi connectivity index (χ4n) is 2.00. The number of nitrogens with zero attached hydrogens (tertiary/aromatic N) is 1. The molecule has 4 heteroatoms. The van der Waals surface area contributed by atoms with Gasteiger partial charge in [0.1, 0.15) is 6.07 Å². The maximum absolute atomic E-state index is 12.2. The predicted molar refractivity (Wildman–Crippen MR) is 91.4 cm³/mol. The van der Waals surface area contributed by atoms with E-state index in [1.54, 1.807) is 25.3 Å². The molecule has 1 rings (SSSR count). The van der Waals surface area contributed by atoms with E-state index in [-0.39, 0.29) is 17.3 Å². The second-order valence-corrected chi connectivity index (χ2v) is 5.46. The Hall–Kier alpha value is -2.28. The molecule has 1 atom stereocenters. The summed E-state index contributed by atoms with van der Waals surface area (Å²) in [5.41, 5.74) is 0.925. The van der Waals surface area contributed by atoms with Crippen molar-refractivity contribution >= 4 is 11.9 Å². The molecule has 124 valence electrons. The number of hydrogen-bond donors (Lipinski definition) is 0. The van der Waals surface area contributed by atoms with Crippen LogP contribution in [0.4, 0.5) is 0 Å². The Labute approximate surface area is 138 Å². The fourth-order valence-corrected chi connectivity index (χ4v) is 2.00. The minimum atomic E-state index is -0.153. The van der Waals surface area contributed by atoms with Gasteiger partial charge in [-0.2, -0.15) is 5.26 Å². The van der Waals surface area contributed by atoms with Crippen molar-refractivity contribution in [3.05, 3.63) is 29.3 Å². The molecule has 1 aromatic rings. The molecular formula is C19H25NO3. The Morgan fingerprint density at radius 2 is 2.09 bits per heavy atom. The highest BCUT2D eigenvalue weighted by molar-refractivity contribution is 6.04. The van der Waals surface area contributed by atoms with Gasteiger partial charge in [0.05, 0.1) is 19.3 Å². The van der Waals surface area contributed by atoms with E-state index in [2.05, 4.69) is 6.92 Å². The molecule has 1 unspecified atom stereocenters. The number of Topliss-reactive ketones (excluding diaryl/α,β-unsaturated/α-hetero) is 1. The SMILES string of the molecule is CCCCOc1cc(/C=C(\C#N)C(=O)C(C)CC)ccc1OC. The standard InChI is InChI=1S/C19H25NO3/c1-5-7-10-23-18-12-15(8-9-17(18)22-4)11-16(13-20)19(21)14(3)6-2/h8-9,11-12,14H,5-7,10H2,1-4H3/b16-11+. The highest BCUT2D eigenvalue weighted by atomic mass is 16.5. The van der Waals surface area contributed by atoms with Crippen LogP contribution in [0.2, 0.25) is 0 Å². The van der Waals surface area contributed by atoms with Gasteiger partial charge in [0.15, 0.2) is 17.3 Å². The average Bonchev–Trinajstić information content (AvgIpc) is 2.58. The van der Waals surface area contributed by atoms with Gasteiger partial charge in [0.2, 0.25) is 0 Å². The summed E-state index contributed by atoms with van der Waals surface area (Å²) in [4.78, 5) is 12.2. The second kappa shape index (κ2) is 9.68. The molecule has 0 heterocycles. The first kappa shape index (κ1) is 18.8. The van der Waals surface area contributed by atoms with Crippen LogP contribution in [0.1, 0.15) is 45.6 Å². The first-order chi connectivity index (χ1) is 11.1. The van der Waals surface area contributed by atoms with Crippen LogP contribution in [0.25, 0.3) is 6.08 Å². The minimum Gasteiger partial charge on any atom is -0.493 e. The summed E-state index contributed by atoms with van der Waals surface area (Å²) in [6.45, 7) is 6.47. The second-order valence-electron chi connectivity index (χ2n) is 5.46. The largest absolute Gasteiger partial charge is 0.493 e. The van der Waals surface area contributed by atoms with Crippen molar-refractivity contribution < 1.29 is 14.3 Å². The number of ketones is 1. The van der Waals surface area contributed by atoms with E-state index in [4.69, 9.17) is 9.47 Å². The summed E-state index contributed by atoms with van der Waals surface area (Å²) in [5, 5.41) is 9.25. The maximum atomic E-state index is 12.2. The van der Waals surface area contributed by atoms with Crippen molar-refractivity contribution in [3.63, 3.8) is 0 Å². The summed E-state index contributed by atoms with van der Waals surface area (Å²) in [7, 11) is 1.59. The molecule has 0 amide bonds. The zero-order valence-corrected chi connectivity index (χ0v) is 14.4. The van der Waals surface area contributed by atoms with Gasteiger partial charge < -0.3 is 9.47 Å². The molecule has 0 radical (unpaired) electrons. The first-order valence-corrected chi connectivity index (χ1v) is 8.04.